The molecule has 2 saturated heterocycles. The van der Waals surface area contributed by atoms with Crippen molar-refractivity contribution >= 4 is 22.8 Å². The number of aromatic nitrogens is 3. The molecule has 2 atom stereocenters. The number of rotatable bonds is 2. The van der Waals surface area contributed by atoms with Crippen molar-refractivity contribution in [2.24, 2.45) is 0 Å². The van der Waals surface area contributed by atoms with Gasteiger partial charge in [0.25, 0.3) is 5.91 Å². The summed E-state index contributed by atoms with van der Waals surface area (Å²) in [5, 5.41) is 10.1. The number of nitriles is 1. The highest BCUT2D eigenvalue weighted by Crippen LogP contribution is 2.36. The van der Waals surface area contributed by atoms with Crippen LogP contribution in [0.2, 0.25) is 0 Å². The number of hydrogen-bond donors (Lipinski definition) is 1. The highest BCUT2D eigenvalue weighted by atomic mass is 16.2. The molecule has 7 nitrogen and oxygen atoms in total. The van der Waals surface area contributed by atoms with Crippen LogP contribution < -0.4 is 4.90 Å². The molecule has 2 aromatic heterocycles. The monoisotopic (exact) mass is 344 g/mol. The Morgan fingerprint density at radius 2 is 2.15 bits per heavy atom. The van der Waals surface area contributed by atoms with Gasteiger partial charge in [-0.15, -0.1) is 0 Å². The minimum Gasteiger partial charge on any atom is -0.349 e. The molecule has 128 valence electrons. The molecule has 1 amide bonds. The van der Waals surface area contributed by atoms with E-state index in [1.807, 2.05) is 17.2 Å². The zero-order chi connectivity index (χ0) is 17.7. The van der Waals surface area contributed by atoms with Gasteiger partial charge in [-0.1, -0.05) is 6.07 Å². The Morgan fingerprint density at radius 1 is 1.23 bits per heavy atom. The largest absolute Gasteiger partial charge is 0.349 e. The molecule has 4 heterocycles. The summed E-state index contributed by atoms with van der Waals surface area (Å²) in [5.74, 6) is 0.936. The Labute approximate surface area is 149 Å². The zero-order valence-corrected chi connectivity index (χ0v) is 14.0. The highest BCUT2D eigenvalue weighted by molar-refractivity contribution is 5.95. The number of nitrogens with zero attached hydrogens (tertiary/aromatic N) is 5. The number of H-pyrrole nitrogens is 1. The average molecular weight is 344 g/mol. The normalized spacial score (nSPS) is 21.3. The van der Waals surface area contributed by atoms with Crippen LogP contribution in [0.4, 0.5) is 5.82 Å². The van der Waals surface area contributed by atoms with Gasteiger partial charge in [0.2, 0.25) is 0 Å². The van der Waals surface area contributed by atoms with Gasteiger partial charge in [0.1, 0.15) is 17.8 Å². The van der Waals surface area contributed by atoms with E-state index in [-0.39, 0.29) is 18.0 Å². The first-order valence-electron chi connectivity index (χ1n) is 8.60. The van der Waals surface area contributed by atoms with E-state index in [0.717, 1.165) is 29.8 Å². The van der Waals surface area contributed by atoms with Crippen molar-refractivity contribution in [2.75, 3.05) is 18.0 Å². The topological polar surface area (TPSA) is 88.9 Å². The number of carbonyl (C=O) groups is 1. The van der Waals surface area contributed by atoms with Crippen LogP contribution in [-0.2, 0) is 0 Å². The summed E-state index contributed by atoms with van der Waals surface area (Å²) in [5.41, 5.74) is 1.93. The molecule has 1 N–H and O–H groups in total. The second kappa shape index (κ2) is 5.56. The molecule has 2 fully saturated rings. The summed E-state index contributed by atoms with van der Waals surface area (Å²) < 4.78 is 0. The standard InChI is InChI=1S/C19H16N6O/c20-8-12-2-1-3-13(6-12)19(26)25-10-14-7-15(25)9-24(14)18-16-4-5-21-17(16)22-11-23-18/h1-6,11,14-15H,7,9-10H2,(H,21,22,23). The van der Waals surface area contributed by atoms with Crippen molar-refractivity contribution in [1.29, 1.82) is 5.26 Å². The van der Waals surface area contributed by atoms with E-state index in [1.165, 1.54) is 0 Å². The van der Waals surface area contributed by atoms with Crippen molar-refractivity contribution in [2.45, 2.75) is 18.5 Å². The van der Waals surface area contributed by atoms with Crippen molar-refractivity contribution in [3.63, 3.8) is 0 Å². The van der Waals surface area contributed by atoms with Gasteiger partial charge in [0.05, 0.1) is 29.1 Å². The Kier molecular flexibility index (Phi) is 3.19. The second-order valence-electron chi connectivity index (χ2n) is 6.78. The number of piperazine rings is 1. The summed E-state index contributed by atoms with van der Waals surface area (Å²) in [7, 11) is 0. The van der Waals surface area contributed by atoms with Gasteiger partial charge in [-0.2, -0.15) is 5.26 Å². The first kappa shape index (κ1) is 14.9. The Hall–Kier alpha value is -3.40. The number of likely N-dealkylation sites (tertiary alicyclic amines) is 1. The SMILES string of the molecule is N#Cc1cccc(C(=O)N2CC3CC2CN3c2ncnc3[nH]ccc23)c1. The molecule has 2 aliphatic heterocycles. The van der Waals surface area contributed by atoms with E-state index in [4.69, 9.17) is 5.26 Å². The molecule has 2 bridgehead atoms. The molecular weight excluding hydrogens is 328 g/mol. The molecule has 26 heavy (non-hydrogen) atoms. The minimum atomic E-state index is 0.00345. The first-order chi connectivity index (χ1) is 12.7. The molecule has 1 aromatic carbocycles. The maximum absolute atomic E-state index is 12.9. The number of benzene rings is 1. The third-order valence-corrected chi connectivity index (χ3v) is 5.35. The van der Waals surface area contributed by atoms with Crippen molar-refractivity contribution in [1.82, 2.24) is 19.9 Å². The lowest BCUT2D eigenvalue weighted by atomic mass is 10.1. The zero-order valence-electron chi connectivity index (χ0n) is 14.0. The Bertz CT molecular complexity index is 1050. The first-order valence-corrected chi connectivity index (χ1v) is 8.60. The van der Waals surface area contributed by atoms with E-state index < -0.39 is 0 Å². The van der Waals surface area contributed by atoms with Crippen molar-refractivity contribution in [3.8, 4) is 6.07 Å². The summed E-state index contributed by atoms with van der Waals surface area (Å²) in [6.07, 6.45) is 4.39. The van der Waals surface area contributed by atoms with Crippen LogP contribution in [0.25, 0.3) is 11.0 Å². The van der Waals surface area contributed by atoms with E-state index >= 15 is 0 Å². The molecule has 0 aliphatic carbocycles. The van der Waals surface area contributed by atoms with Crippen LogP contribution >= 0.6 is 0 Å². The Morgan fingerprint density at radius 3 is 2.96 bits per heavy atom. The van der Waals surface area contributed by atoms with E-state index in [0.29, 0.717) is 17.7 Å². The summed E-state index contributed by atoms with van der Waals surface area (Å²) >= 11 is 0. The van der Waals surface area contributed by atoms with Gasteiger partial charge >= 0.3 is 0 Å². The quantitative estimate of drug-likeness (QED) is 0.767. The van der Waals surface area contributed by atoms with Gasteiger partial charge in [-0.3, -0.25) is 4.79 Å². The third-order valence-electron chi connectivity index (χ3n) is 5.35. The van der Waals surface area contributed by atoms with Crippen molar-refractivity contribution < 1.29 is 4.79 Å². The van der Waals surface area contributed by atoms with Crippen LogP contribution in [0.3, 0.4) is 0 Å². The number of anilines is 1. The predicted octanol–water partition coefficient (Wildman–Crippen LogP) is 1.93. The maximum atomic E-state index is 12.9. The molecule has 2 unspecified atom stereocenters. The van der Waals surface area contributed by atoms with E-state index in [9.17, 15) is 4.79 Å². The molecule has 2 aliphatic rings. The number of nitrogens with one attached hydrogen (secondary N) is 1. The number of fused-ring (bicyclic) bond motifs is 3. The number of carbonyl (C=O) groups excluding carboxylic acids is 1. The summed E-state index contributed by atoms with van der Waals surface area (Å²) in [4.78, 5) is 29.0. The maximum Gasteiger partial charge on any atom is 0.254 e. The fraction of sp³-hybridized carbons (Fsp3) is 0.263. The fourth-order valence-electron chi connectivity index (χ4n) is 4.15. The van der Waals surface area contributed by atoms with Gasteiger partial charge in [-0.05, 0) is 30.7 Å². The highest BCUT2D eigenvalue weighted by Gasteiger charge is 2.46. The van der Waals surface area contributed by atoms with Crippen LogP contribution in [0.1, 0.15) is 22.3 Å². The smallest absolute Gasteiger partial charge is 0.254 e. The average Bonchev–Trinajstić information content (AvgIpc) is 3.42. The molecule has 7 heteroatoms. The van der Waals surface area contributed by atoms with Crippen LogP contribution in [-0.4, -0.2) is 50.9 Å². The molecule has 0 saturated carbocycles. The van der Waals surface area contributed by atoms with Gasteiger partial charge in [-0.25, -0.2) is 9.97 Å². The van der Waals surface area contributed by atoms with Crippen LogP contribution in [0.5, 0.6) is 0 Å². The van der Waals surface area contributed by atoms with Gasteiger partial charge in [0, 0.05) is 24.8 Å². The lowest BCUT2D eigenvalue weighted by Gasteiger charge is -2.35. The van der Waals surface area contributed by atoms with Gasteiger partial charge in [0.15, 0.2) is 0 Å². The minimum absolute atomic E-state index is 0.00345. The Balaban J connectivity index is 1.39. The fourth-order valence-corrected chi connectivity index (χ4v) is 4.15. The number of amides is 1. The molecule has 3 aromatic rings. The predicted molar refractivity (Wildman–Crippen MR) is 95.6 cm³/mol. The molecule has 0 spiro atoms. The summed E-state index contributed by atoms with van der Waals surface area (Å²) in [6.45, 7) is 1.45. The number of aromatic amines is 1. The van der Waals surface area contributed by atoms with Crippen molar-refractivity contribution in [3.05, 3.63) is 54.0 Å². The van der Waals surface area contributed by atoms with Crippen LogP contribution in [0, 0.1) is 11.3 Å². The summed E-state index contributed by atoms with van der Waals surface area (Å²) in [6, 6.07) is 11.4. The lowest BCUT2D eigenvalue weighted by molar-refractivity contribution is 0.0725. The lowest BCUT2D eigenvalue weighted by Crippen LogP contribution is -2.49. The molecule has 0 radical (unpaired) electrons. The number of hydrogen-bond acceptors (Lipinski definition) is 5. The van der Waals surface area contributed by atoms with E-state index in [1.54, 1.807) is 30.6 Å². The van der Waals surface area contributed by atoms with E-state index in [2.05, 4.69) is 25.9 Å². The second-order valence-corrected chi connectivity index (χ2v) is 6.78. The molecule has 5 rings (SSSR count). The third kappa shape index (κ3) is 2.15. The van der Waals surface area contributed by atoms with Crippen LogP contribution in [0.15, 0.2) is 42.9 Å². The molecular formula is C19H16N6O. The van der Waals surface area contributed by atoms with Gasteiger partial charge < -0.3 is 14.8 Å².